The number of ether oxygens (including phenoxy) is 1. The summed E-state index contributed by atoms with van der Waals surface area (Å²) in [5.41, 5.74) is 0.628. The summed E-state index contributed by atoms with van der Waals surface area (Å²) in [6.07, 6.45) is 5.35. The number of fused-ring (bicyclic) bond motifs is 1. The van der Waals surface area contributed by atoms with Gasteiger partial charge in [0.2, 0.25) is 0 Å². The van der Waals surface area contributed by atoms with E-state index in [1.165, 1.54) is 24.5 Å². The molecule has 19 heavy (non-hydrogen) atoms. The lowest BCUT2D eigenvalue weighted by Gasteiger charge is -1.98. The Labute approximate surface area is 109 Å². The van der Waals surface area contributed by atoms with E-state index in [1.807, 2.05) is 0 Å². The summed E-state index contributed by atoms with van der Waals surface area (Å²) in [6.45, 7) is 3.57. The third-order valence-electron chi connectivity index (χ3n) is 2.45. The second-order valence-electron chi connectivity index (χ2n) is 3.77. The van der Waals surface area contributed by atoms with Gasteiger partial charge in [-0.15, -0.1) is 0 Å². The highest BCUT2D eigenvalue weighted by atomic mass is 16.5. The predicted octanol–water partition coefficient (Wildman–Crippen LogP) is 2.54. The number of rotatable bonds is 4. The summed E-state index contributed by atoms with van der Waals surface area (Å²) in [6, 6.07) is 6.93. The number of carbonyl (C=O) groups excluding carboxylic acids is 1. The third kappa shape index (κ3) is 2.98. The molecule has 0 fully saturated rings. The lowest BCUT2D eigenvalue weighted by molar-refractivity contribution is -0.136. The van der Waals surface area contributed by atoms with E-state index < -0.39 is 5.97 Å². The van der Waals surface area contributed by atoms with Crippen molar-refractivity contribution in [1.82, 2.24) is 0 Å². The number of para-hydroxylation sites is 1. The molecule has 0 bridgehead atoms. The first kappa shape index (κ1) is 12.8. The Morgan fingerprint density at radius 1 is 1.37 bits per heavy atom. The molecule has 0 unspecified atom stereocenters. The fourth-order valence-corrected chi connectivity index (χ4v) is 1.55. The van der Waals surface area contributed by atoms with Crippen molar-refractivity contribution in [2.75, 3.05) is 6.61 Å². The maximum Gasteiger partial charge on any atom is 0.331 e. The first-order valence-corrected chi connectivity index (χ1v) is 5.68. The lowest BCUT2D eigenvalue weighted by Crippen LogP contribution is -2.05. The molecule has 1 aromatic heterocycles. The van der Waals surface area contributed by atoms with E-state index in [2.05, 4.69) is 6.58 Å². The van der Waals surface area contributed by atoms with Crippen LogP contribution < -0.4 is 5.43 Å². The van der Waals surface area contributed by atoms with Crippen LogP contribution in [0.5, 0.6) is 0 Å². The van der Waals surface area contributed by atoms with Gasteiger partial charge >= 0.3 is 5.97 Å². The molecule has 0 atom stereocenters. The summed E-state index contributed by atoms with van der Waals surface area (Å²) >= 11 is 0. The van der Waals surface area contributed by atoms with Crippen LogP contribution in [0, 0.1) is 0 Å². The molecular weight excluding hydrogens is 244 g/mol. The van der Waals surface area contributed by atoms with Crippen molar-refractivity contribution < 1.29 is 13.9 Å². The Bertz CT molecular complexity index is 695. The molecule has 0 aliphatic rings. The van der Waals surface area contributed by atoms with Crippen molar-refractivity contribution in [3.05, 3.63) is 65.0 Å². The Hall–Kier alpha value is -2.62. The van der Waals surface area contributed by atoms with E-state index in [0.29, 0.717) is 16.5 Å². The molecule has 0 saturated heterocycles. The van der Waals surface area contributed by atoms with Gasteiger partial charge in [0.25, 0.3) is 0 Å². The lowest BCUT2D eigenvalue weighted by atomic mass is 10.1. The Kier molecular flexibility index (Phi) is 3.93. The van der Waals surface area contributed by atoms with Crippen molar-refractivity contribution in [1.29, 1.82) is 0 Å². The van der Waals surface area contributed by atoms with E-state index in [4.69, 9.17) is 9.15 Å². The summed E-state index contributed by atoms with van der Waals surface area (Å²) < 4.78 is 10.1. The molecule has 0 radical (unpaired) electrons. The van der Waals surface area contributed by atoms with Crippen molar-refractivity contribution >= 4 is 23.0 Å². The molecule has 2 aromatic rings. The molecule has 2 rings (SSSR count). The number of carbonyl (C=O) groups is 1. The Morgan fingerprint density at radius 2 is 2.16 bits per heavy atom. The predicted molar refractivity (Wildman–Crippen MR) is 72.7 cm³/mol. The van der Waals surface area contributed by atoms with Crippen molar-refractivity contribution in [2.45, 2.75) is 0 Å². The zero-order valence-corrected chi connectivity index (χ0v) is 10.2. The van der Waals surface area contributed by atoms with Crippen LogP contribution in [0.4, 0.5) is 0 Å². The van der Waals surface area contributed by atoms with E-state index in [-0.39, 0.29) is 12.0 Å². The van der Waals surface area contributed by atoms with Gasteiger partial charge in [0.05, 0.1) is 10.9 Å². The van der Waals surface area contributed by atoms with Crippen molar-refractivity contribution in [2.24, 2.45) is 0 Å². The topological polar surface area (TPSA) is 56.5 Å². The largest absolute Gasteiger partial charge is 0.463 e. The molecular formula is C15H12O4. The molecule has 0 aliphatic carbocycles. The number of hydrogen-bond donors (Lipinski definition) is 0. The van der Waals surface area contributed by atoms with Gasteiger partial charge in [-0.25, -0.2) is 4.79 Å². The van der Waals surface area contributed by atoms with Crippen molar-refractivity contribution in [3.8, 4) is 0 Å². The van der Waals surface area contributed by atoms with Crippen LogP contribution in [0.25, 0.3) is 17.0 Å². The minimum absolute atomic E-state index is 0.134. The highest BCUT2D eigenvalue weighted by Crippen LogP contribution is 2.11. The van der Waals surface area contributed by atoms with Gasteiger partial charge in [-0.05, 0) is 18.2 Å². The van der Waals surface area contributed by atoms with Crippen LogP contribution >= 0.6 is 0 Å². The van der Waals surface area contributed by atoms with Crippen LogP contribution in [0.2, 0.25) is 0 Å². The summed E-state index contributed by atoms with van der Waals surface area (Å²) in [7, 11) is 0. The van der Waals surface area contributed by atoms with Gasteiger partial charge in [-0.1, -0.05) is 24.8 Å². The van der Waals surface area contributed by atoms with Crippen LogP contribution in [-0.4, -0.2) is 12.6 Å². The van der Waals surface area contributed by atoms with Crippen LogP contribution in [0.15, 0.2) is 58.5 Å². The van der Waals surface area contributed by atoms with Crippen LogP contribution in [0.3, 0.4) is 0 Å². The smallest absolute Gasteiger partial charge is 0.331 e. The molecule has 4 nitrogen and oxygen atoms in total. The van der Waals surface area contributed by atoms with Gasteiger partial charge in [-0.2, -0.15) is 0 Å². The minimum Gasteiger partial charge on any atom is -0.463 e. The average Bonchev–Trinajstić information content (AvgIpc) is 2.44. The number of esters is 1. The molecule has 1 heterocycles. The van der Waals surface area contributed by atoms with Gasteiger partial charge in [-0.3, -0.25) is 4.79 Å². The van der Waals surface area contributed by atoms with Gasteiger partial charge in [0.15, 0.2) is 5.43 Å². The van der Waals surface area contributed by atoms with Gasteiger partial charge < -0.3 is 9.15 Å². The highest BCUT2D eigenvalue weighted by molar-refractivity contribution is 5.88. The van der Waals surface area contributed by atoms with E-state index in [9.17, 15) is 9.59 Å². The zero-order chi connectivity index (χ0) is 13.7. The molecule has 0 saturated carbocycles. The average molecular weight is 256 g/mol. The molecule has 0 N–H and O–H groups in total. The van der Waals surface area contributed by atoms with E-state index >= 15 is 0 Å². The molecule has 0 amide bonds. The SMILES string of the molecule is C=CCOC(=O)/C=C/c1coc2ccccc2c1=O. The monoisotopic (exact) mass is 256 g/mol. The minimum atomic E-state index is -0.535. The van der Waals surface area contributed by atoms with E-state index in [1.54, 1.807) is 24.3 Å². The maximum atomic E-state index is 12.1. The van der Waals surface area contributed by atoms with Crippen molar-refractivity contribution in [3.63, 3.8) is 0 Å². The van der Waals surface area contributed by atoms with Gasteiger partial charge in [0, 0.05) is 6.08 Å². The highest BCUT2D eigenvalue weighted by Gasteiger charge is 2.04. The summed E-state index contributed by atoms with van der Waals surface area (Å²) in [4.78, 5) is 23.3. The summed E-state index contributed by atoms with van der Waals surface area (Å²) in [5.74, 6) is -0.535. The molecule has 96 valence electrons. The van der Waals surface area contributed by atoms with Gasteiger partial charge in [0.1, 0.15) is 18.5 Å². The number of benzene rings is 1. The second-order valence-corrected chi connectivity index (χ2v) is 3.77. The van der Waals surface area contributed by atoms with Crippen LogP contribution in [0.1, 0.15) is 5.56 Å². The second kappa shape index (κ2) is 5.82. The first-order chi connectivity index (χ1) is 9.22. The molecule has 1 aromatic carbocycles. The maximum absolute atomic E-state index is 12.1. The fraction of sp³-hybridized carbons (Fsp3) is 0.0667. The molecule has 0 spiro atoms. The summed E-state index contributed by atoms with van der Waals surface area (Å²) in [5, 5.41) is 0.476. The van der Waals surface area contributed by atoms with Crippen LogP contribution in [-0.2, 0) is 9.53 Å². The Morgan fingerprint density at radius 3 is 2.95 bits per heavy atom. The first-order valence-electron chi connectivity index (χ1n) is 5.68. The Balaban J connectivity index is 2.29. The molecule has 0 aliphatic heterocycles. The molecule has 4 heteroatoms. The van der Waals surface area contributed by atoms with E-state index in [0.717, 1.165) is 0 Å². The quantitative estimate of drug-likeness (QED) is 0.479. The number of hydrogen-bond acceptors (Lipinski definition) is 4. The standard InChI is InChI=1S/C15H12O4/c1-2-9-18-14(16)8-7-11-10-19-13-6-4-3-5-12(13)15(11)17/h2-8,10H,1,9H2/b8-7+. The zero-order valence-electron chi connectivity index (χ0n) is 10.2. The normalized spacial score (nSPS) is 10.7. The fourth-order valence-electron chi connectivity index (χ4n) is 1.55. The third-order valence-corrected chi connectivity index (χ3v) is 2.45.